The molecule has 6 nitrogen and oxygen atoms in total. The Morgan fingerprint density at radius 3 is 2.89 bits per heavy atom. The van der Waals surface area contributed by atoms with Gasteiger partial charge in [-0.1, -0.05) is 6.92 Å². The van der Waals surface area contributed by atoms with Crippen molar-refractivity contribution in [3.8, 4) is 0 Å². The first kappa shape index (κ1) is 10.7. The van der Waals surface area contributed by atoms with Crippen LogP contribution in [0.3, 0.4) is 0 Å². The van der Waals surface area contributed by atoms with Crippen LogP contribution in [0.2, 0.25) is 0 Å². The average Bonchev–Trinajstić information content (AvgIpc) is 2.83. The highest BCUT2D eigenvalue weighted by atomic mass is 16.2. The summed E-state index contributed by atoms with van der Waals surface area (Å²) in [7, 11) is 0. The monoisotopic (exact) mass is 256 g/mol. The Hall–Kier alpha value is -2.24. The number of rotatable bonds is 2. The van der Waals surface area contributed by atoms with Crippen LogP contribution in [0.25, 0.3) is 11.0 Å². The highest BCUT2D eigenvalue weighted by Crippen LogP contribution is 2.40. The third-order valence-corrected chi connectivity index (χ3v) is 4.11. The number of hydrogen-bond donors (Lipinski definition) is 1. The molecule has 2 aromatic heterocycles. The summed E-state index contributed by atoms with van der Waals surface area (Å²) in [5.41, 5.74) is 1.38. The Kier molecular flexibility index (Phi) is 1.91. The van der Waals surface area contributed by atoms with Crippen LogP contribution in [0.15, 0.2) is 12.4 Å². The number of aromatic nitrogens is 3. The molecule has 0 spiro atoms. The van der Waals surface area contributed by atoms with E-state index in [1.165, 1.54) is 11.1 Å². The first-order chi connectivity index (χ1) is 9.16. The van der Waals surface area contributed by atoms with E-state index in [-0.39, 0.29) is 11.8 Å². The number of carbonyl (C=O) groups is 2. The summed E-state index contributed by atoms with van der Waals surface area (Å²) in [5.74, 6) is 0.619. The summed E-state index contributed by atoms with van der Waals surface area (Å²) in [5, 5.41) is 7.22. The standard InChI is InChI=1S/C13H12N4O2/c1-6-2-7(6)5-17-12(18)9-3-14-11-8(4-15-16-11)10(9)13(17)19/h3-4,6-7H,2,5H2,1H3,(H,14,15,16). The number of amides is 2. The second-order valence-corrected chi connectivity index (χ2v) is 5.37. The van der Waals surface area contributed by atoms with Gasteiger partial charge in [-0.15, -0.1) is 0 Å². The maximum Gasteiger partial charge on any atom is 0.263 e. The predicted octanol–water partition coefficient (Wildman–Crippen LogP) is 1.21. The van der Waals surface area contributed by atoms with Gasteiger partial charge in [-0.3, -0.25) is 19.6 Å². The van der Waals surface area contributed by atoms with Crippen LogP contribution >= 0.6 is 0 Å². The lowest BCUT2D eigenvalue weighted by Gasteiger charge is -2.12. The van der Waals surface area contributed by atoms with E-state index in [2.05, 4.69) is 22.1 Å². The molecule has 3 heterocycles. The van der Waals surface area contributed by atoms with Gasteiger partial charge in [0.2, 0.25) is 0 Å². The number of H-pyrrole nitrogens is 1. The van der Waals surface area contributed by atoms with Crippen LogP contribution in [-0.2, 0) is 0 Å². The maximum atomic E-state index is 12.4. The second-order valence-electron chi connectivity index (χ2n) is 5.37. The van der Waals surface area contributed by atoms with E-state index in [0.717, 1.165) is 6.42 Å². The molecule has 1 aliphatic carbocycles. The molecular weight excluding hydrogens is 244 g/mol. The van der Waals surface area contributed by atoms with E-state index >= 15 is 0 Å². The molecule has 4 rings (SSSR count). The molecule has 1 N–H and O–H groups in total. The summed E-state index contributed by atoms with van der Waals surface area (Å²) in [6, 6.07) is 0. The number of hydrogen-bond acceptors (Lipinski definition) is 4. The molecule has 1 aliphatic heterocycles. The van der Waals surface area contributed by atoms with Gasteiger partial charge in [0.15, 0.2) is 5.65 Å². The Bertz CT molecular complexity index is 721. The van der Waals surface area contributed by atoms with Gasteiger partial charge in [0.25, 0.3) is 11.8 Å². The van der Waals surface area contributed by atoms with Crippen molar-refractivity contribution in [3.63, 3.8) is 0 Å². The number of nitrogens with zero attached hydrogens (tertiary/aromatic N) is 3. The smallest absolute Gasteiger partial charge is 0.263 e. The highest BCUT2D eigenvalue weighted by Gasteiger charge is 2.43. The van der Waals surface area contributed by atoms with Crippen LogP contribution in [0, 0.1) is 11.8 Å². The molecule has 1 saturated carbocycles. The fourth-order valence-corrected chi connectivity index (χ4v) is 2.72. The zero-order valence-corrected chi connectivity index (χ0v) is 10.4. The molecular formula is C13H12N4O2. The molecule has 2 unspecified atom stereocenters. The first-order valence-corrected chi connectivity index (χ1v) is 6.35. The first-order valence-electron chi connectivity index (χ1n) is 6.35. The summed E-state index contributed by atoms with van der Waals surface area (Å²) in [4.78, 5) is 30.2. The Labute approximate surface area is 108 Å². The Morgan fingerprint density at radius 2 is 2.16 bits per heavy atom. The van der Waals surface area contributed by atoms with E-state index in [4.69, 9.17) is 0 Å². The van der Waals surface area contributed by atoms with Crippen LogP contribution in [0.5, 0.6) is 0 Å². The van der Waals surface area contributed by atoms with E-state index in [1.54, 1.807) is 6.20 Å². The minimum Gasteiger partial charge on any atom is -0.274 e. The second kappa shape index (κ2) is 3.40. The number of pyridine rings is 1. The van der Waals surface area contributed by atoms with Crippen molar-refractivity contribution in [2.75, 3.05) is 6.54 Å². The lowest BCUT2D eigenvalue weighted by molar-refractivity contribution is 0.0645. The van der Waals surface area contributed by atoms with Crippen molar-refractivity contribution in [2.24, 2.45) is 11.8 Å². The van der Waals surface area contributed by atoms with Gasteiger partial charge >= 0.3 is 0 Å². The fourth-order valence-electron chi connectivity index (χ4n) is 2.72. The molecule has 2 aliphatic rings. The van der Waals surface area contributed by atoms with Crippen LogP contribution in [0.1, 0.15) is 34.1 Å². The zero-order chi connectivity index (χ0) is 13.1. The molecule has 0 saturated heterocycles. The predicted molar refractivity (Wildman–Crippen MR) is 66.5 cm³/mol. The number of aromatic amines is 1. The lowest BCUT2D eigenvalue weighted by atomic mass is 10.1. The Morgan fingerprint density at radius 1 is 1.37 bits per heavy atom. The zero-order valence-electron chi connectivity index (χ0n) is 10.4. The number of imide groups is 1. The molecule has 19 heavy (non-hydrogen) atoms. The number of fused-ring (bicyclic) bond motifs is 3. The normalized spacial score (nSPS) is 25.2. The molecule has 1 fully saturated rings. The summed E-state index contributed by atoms with van der Waals surface area (Å²) in [6.45, 7) is 2.66. The average molecular weight is 256 g/mol. The quantitative estimate of drug-likeness (QED) is 0.819. The topological polar surface area (TPSA) is 79.0 Å². The van der Waals surface area contributed by atoms with Gasteiger partial charge in [-0.25, -0.2) is 4.98 Å². The van der Waals surface area contributed by atoms with Crippen molar-refractivity contribution in [3.05, 3.63) is 23.5 Å². The molecule has 2 atom stereocenters. The Balaban J connectivity index is 1.80. The molecule has 6 heteroatoms. The third kappa shape index (κ3) is 1.36. The van der Waals surface area contributed by atoms with E-state index in [9.17, 15) is 9.59 Å². The summed E-state index contributed by atoms with van der Waals surface area (Å²) < 4.78 is 0. The fraction of sp³-hybridized carbons (Fsp3) is 0.385. The van der Waals surface area contributed by atoms with E-state index < -0.39 is 0 Å². The lowest BCUT2D eigenvalue weighted by Crippen LogP contribution is -2.32. The van der Waals surface area contributed by atoms with Crippen LogP contribution in [0.4, 0.5) is 0 Å². The minimum absolute atomic E-state index is 0.215. The van der Waals surface area contributed by atoms with Gasteiger partial charge < -0.3 is 0 Å². The number of nitrogens with one attached hydrogen (secondary N) is 1. The SMILES string of the molecule is CC1CC1CN1C(=O)c2cnc3[nH]ncc3c2C1=O. The molecule has 0 aromatic carbocycles. The summed E-state index contributed by atoms with van der Waals surface area (Å²) >= 11 is 0. The van der Waals surface area contributed by atoms with E-state index in [0.29, 0.717) is 40.5 Å². The maximum absolute atomic E-state index is 12.4. The van der Waals surface area contributed by atoms with Gasteiger partial charge in [-0.05, 0) is 18.3 Å². The van der Waals surface area contributed by atoms with Crippen LogP contribution < -0.4 is 0 Å². The molecule has 96 valence electrons. The van der Waals surface area contributed by atoms with Gasteiger partial charge in [0, 0.05) is 12.7 Å². The van der Waals surface area contributed by atoms with Gasteiger partial charge in [-0.2, -0.15) is 5.10 Å². The van der Waals surface area contributed by atoms with Gasteiger partial charge in [0.05, 0.1) is 22.7 Å². The number of carbonyl (C=O) groups excluding carboxylic acids is 2. The van der Waals surface area contributed by atoms with Crippen molar-refractivity contribution < 1.29 is 9.59 Å². The highest BCUT2D eigenvalue weighted by molar-refractivity contribution is 6.25. The largest absolute Gasteiger partial charge is 0.274 e. The van der Waals surface area contributed by atoms with Crippen molar-refractivity contribution in [2.45, 2.75) is 13.3 Å². The molecule has 0 bridgehead atoms. The summed E-state index contributed by atoms with van der Waals surface area (Å²) in [6.07, 6.45) is 4.11. The molecule has 2 amide bonds. The van der Waals surface area contributed by atoms with Crippen molar-refractivity contribution in [1.82, 2.24) is 20.1 Å². The third-order valence-electron chi connectivity index (χ3n) is 4.11. The van der Waals surface area contributed by atoms with Crippen LogP contribution in [-0.4, -0.2) is 38.4 Å². The van der Waals surface area contributed by atoms with Crippen molar-refractivity contribution in [1.29, 1.82) is 0 Å². The van der Waals surface area contributed by atoms with Gasteiger partial charge in [0.1, 0.15) is 0 Å². The molecule has 2 aromatic rings. The molecule has 0 radical (unpaired) electrons. The van der Waals surface area contributed by atoms with Crippen molar-refractivity contribution >= 4 is 22.8 Å². The van der Waals surface area contributed by atoms with E-state index in [1.807, 2.05) is 0 Å². The minimum atomic E-state index is -0.227.